The molecule has 0 N–H and O–H groups in total. The van der Waals surface area contributed by atoms with Crippen molar-refractivity contribution in [3.05, 3.63) is 71.9 Å². The molecule has 3 heterocycles. The first kappa shape index (κ1) is 25.8. The summed E-state index contributed by atoms with van der Waals surface area (Å²) in [6.45, 7) is 24.2. The van der Waals surface area contributed by atoms with Gasteiger partial charge in [0.15, 0.2) is 11.7 Å². The Labute approximate surface area is 233 Å². The molecule has 6 rings (SSSR count). The number of hydrogen-bond donors (Lipinski definition) is 0. The minimum absolute atomic E-state index is 0.0134. The Morgan fingerprint density at radius 1 is 0.842 bits per heavy atom. The number of pyridine rings is 1. The Morgan fingerprint density at radius 2 is 1.53 bits per heavy atom. The van der Waals surface area contributed by atoms with Crippen LogP contribution in [0.5, 0.6) is 0 Å². The van der Waals surface area contributed by atoms with Crippen molar-refractivity contribution in [2.75, 3.05) is 0 Å². The quantitative estimate of drug-likeness (QED) is 0.156. The SMILES string of the molecule is CCC1(C)c2c(cc(C(C)(C)C)c3ccccc23)-c2c3c(cc[n+]2C1(C)C)sc1cc([Si](C)(C)C)ccc13. The van der Waals surface area contributed by atoms with E-state index in [2.05, 4.69) is 133 Å². The minimum Gasteiger partial charge on any atom is -0.192 e. The van der Waals surface area contributed by atoms with Crippen molar-refractivity contribution in [2.45, 2.75) is 90.9 Å². The van der Waals surface area contributed by atoms with Gasteiger partial charge in [0.2, 0.25) is 5.69 Å². The Hall–Kier alpha value is -2.49. The highest BCUT2D eigenvalue weighted by Gasteiger charge is 2.56. The van der Waals surface area contributed by atoms with Crippen molar-refractivity contribution < 1.29 is 4.57 Å². The van der Waals surface area contributed by atoms with Crippen molar-refractivity contribution in [3.8, 4) is 11.3 Å². The van der Waals surface area contributed by atoms with Crippen molar-refractivity contribution in [2.24, 2.45) is 0 Å². The van der Waals surface area contributed by atoms with E-state index in [4.69, 9.17) is 0 Å². The summed E-state index contributed by atoms with van der Waals surface area (Å²) in [6.07, 6.45) is 3.47. The van der Waals surface area contributed by atoms with Crippen LogP contribution in [0.3, 0.4) is 0 Å². The normalized spacial score (nSPS) is 19.2. The molecule has 0 saturated carbocycles. The van der Waals surface area contributed by atoms with Crippen LogP contribution >= 0.6 is 11.3 Å². The van der Waals surface area contributed by atoms with Crippen LogP contribution in [0.25, 0.3) is 42.2 Å². The van der Waals surface area contributed by atoms with Gasteiger partial charge in [0.1, 0.15) is 0 Å². The van der Waals surface area contributed by atoms with Crippen LogP contribution in [0.4, 0.5) is 0 Å². The van der Waals surface area contributed by atoms with Crippen LogP contribution in [0.2, 0.25) is 19.6 Å². The largest absolute Gasteiger partial charge is 0.222 e. The maximum atomic E-state index is 2.63. The molecule has 1 nitrogen and oxygen atoms in total. The lowest BCUT2D eigenvalue weighted by atomic mass is 9.60. The number of rotatable bonds is 2. The zero-order valence-electron chi connectivity index (χ0n) is 24.8. The first-order chi connectivity index (χ1) is 17.7. The van der Waals surface area contributed by atoms with Gasteiger partial charge in [0.05, 0.1) is 24.4 Å². The first-order valence-electron chi connectivity index (χ1n) is 14.2. The van der Waals surface area contributed by atoms with Gasteiger partial charge in [-0.3, -0.25) is 0 Å². The molecule has 0 spiro atoms. The highest BCUT2D eigenvalue weighted by Crippen LogP contribution is 2.54. The van der Waals surface area contributed by atoms with Gasteiger partial charge >= 0.3 is 0 Å². The molecular formula is C35H42NSSi+. The van der Waals surface area contributed by atoms with E-state index in [1.807, 2.05) is 11.3 Å². The summed E-state index contributed by atoms with van der Waals surface area (Å²) >= 11 is 1.97. The summed E-state index contributed by atoms with van der Waals surface area (Å²) in [5, 5.41) is 7.21. The van der Waals surface area contributed by atoms with Crippen LogP contribution in [0.1, 0.15) is 66.0 Å². The second kappa shape index (κ2) is 8.02. The highest BCUT2D eigenvalue weighted by molar-refractivity contribution is 7.26. The number of hydrogen-bond acceptors (Lipinski definition) is 1. The summed E-state index contributed by atoms with van der Waals surface area (Å²) in [5.41, 5.74) is 5.74. The third-order valence-corrected chi connectivity index (χ3v) is 12.9. The zero-order valence-corrected chi connectivity index (χ0v) is 26.7. The van der Waals surface area contributed by atoms with Crippen molar-refractivity contribution in [3.63, 3.8) is 0 Å². The monoisotopic (exact) mass is 536 g/mol. The molecule has 3 aromatic carbocycles. The molecule has 0 radical (unpaired) electrons. The van der Waals surface area contributed by atoms with E-state index in [0.29, 0.717) is 0 Å². The Balaban J connectivity index is 1.84. The maximum Gasteiger partial charge on any atom is 0.222 e. The van der Waals surface area contributed by atoms with Gasteiger partial charge in [-0.25, -0.2) is 0 Å². The number of fused-ring (bicyclic) bond motifs is 9. The van der Waals surface area contributed by atoms with Crippen LogP contribution in [-0.4, -0.2) is 8.07 Å². The van der Waals surface area contributed by atoms with Gasteiger partial charge in [-0.2, -0.15) is 4.57 Å². The molecule has 1 unspecified atom stereocenters. The van der Waals surface area contributed by atoms with E-state index in [1.54, 1.807) is 5.19 Å². The first-order valence-corrected chi connectivity index (χ1v) is 18.5. The van der Waals surface area contributed by atoms with E-state index in [1.165, 1.54) is 53.3 Å². The maximum absolute atomic E-state index is 2.63. The fourth-order valence-corrected chi connectivity index (χ4v) is 9.38. The third-order valence-electron chi connectivity index (χ3n) is 9.76. The van der Waals surface area contributed by atoms with Crippen molar-refractivity contribution in [1.82, 2.24) is 0 Å². The Morgan fingerprint density at radius 3 is 2.16 bits per heavy atom. The predicted molar refractivity (Wildman–Crippen MR) is 171 cm³/mol. The second-order valence-corrected chi connectivity index (χ2v) is 20.4. The van der Waals surface area contributed by atoms with Gasteiger partial charge in [0.25, 0.3) is 0 Å². The topological polar surface area (TPSA) is 3.88 Å². The van der Waals surface area contributed by atoms with E-state index < -0.39 is 8.07 Å². The fraction of sp³-hybridized carbons (Fsp3) is 0.400. The molecule has 0 fully saturated rings. The Bertz CT molecular complexity index is 1760. The van der Waals surface area contributed by atoms with Crippen molar-refractivity contribution in [1.29, 1.82) is 0 Å². The smallest absolute Gasteiger partial charge is 0.192 e. The molecule has 2 aromatic heterocycles. The number of nitrogens with zero attached hydrogens (tertiary/aromatic N) is 1. The molecule has 0 bridgehead atoms. The predicted octanol–water partition coefficient (Wildman–Crippen LogP) is 9.42. The lowest BCUT2D eigenvalue weighted by Crippen LogP contribution is -2.66. The molecule has 1 aliphatic rings. The average Bonchev–Trinajstić information content (AvgIpc) is 3.23. The van der Waals surface area contributed by atoms with Crippen molar-refractivity contribution >= 4 is 55.5 Å². The van der Waals surface area contributed by atoms with E-state index in [-0.39, 0.29) is 16.4 Å². The zero-order chi connectivity index (χ0) is 27.4. The highest BCUT2D eigenvalue weighted by atomic mass is 32.1. The number of aromatic nitrogens is 1. The van der Waals surface area contributed by atoms with E-state index in [9.17, 15) is 0 Å². The van der Waals surface area contributed by atoms with E-state index in [0.717, 1.165) is 6.42 Å². The summed E-state index contributed by atoms with van der Waals surface area (Å²) in [4.78, 5) is 0. The van der Waals surface area contributed by atoms with Gasteiger partial charge in [-0.05, 0) is 52.8 Å². The van der Waals surface area contributed by atoms with Crippen LogP contribution < -0.4 is 9.75 Å². The standard InChI is InChI=1S/C35H42NSSi/c1-11-35(7)31-24-15-13-12-14-23(24)27(33(2,3)4)21-26(31)32-30-25-17-16-22(38(8,9)10)20-29(25)37-28(30)18-19-36(32)34(35,5)6/h12-21H,11H2,1-10H3/q+1. The number of benzene rings is 3. The molecular weight excluding hydrogens is 495 g/mol. The summed E-state index contributed by atoms with van der Waals surface area (Å²) in [6, 6.07) is 21.5. The summed E-state index contributed by atoms with van der Waals surface area (Å²) in [5.74, 6) is 0. The molecule has 1 aliphatic heterocycles. The molecule has 0 aliphatic carbocycles. The second-order valence-electron chi connectivity index (χ2n) is 14.2. The molecule has 38 heavy (non-hydrogen) atoms. The molecule has 1 atom stereocenters. The molecule has 196 valence electrons. The minimum atomic E-state index is -1.39. The molecule has 0 saturated heterocycles. The molecule has 3 heteroatoms. The lowest BCUT2D eigenvalue weighted by molar-refractivity contribution is -0.759. The molecule has 5 aromatic rings. The Kier molecular flexibility index (Phi) is 5.44. The summed E-state index contributed by atoms with van der Waals surface area (Å²) < 4.78 is 5.45. The third kappa shape index (κ3) is 3.37. The van der Waals surface area contributed by atoms with Gasteiger partial charge < -0.3 is 0 Å². The summed E-state index contributed by atoms with van der Waals surface area (Å²) in [7, 11) is -1.39. The number of thiophene rings is 1. The van der Waals surface area contributed by atoms with Gasteiger partial charge in [0, 0.05) is 34.7 Å². The molecule has 0 amide bonds. The lowest BCUT2D eigenvalue weighted by Gasteiger charge is -2.45. The van der Waals surface area contributed by atoms with Gasteiger partial charge in [-0.15, -0.1) is 11.3 Å². The van der Waals surface area contributed by atoms with Crippen LogP contribution in [0.15, 0.2) is 60.8 Å². The average molecular weight is 537 g/mol. The van der Waals surface area contributed by atoms with E-state index >= 15 is 0 Å². The van der Waals surface area contributed by atoms with Crippen LogP contribution in [-0.2, 0) is 16.4 Å². The van der Waals surface area contributed by atoms with Gasteiger partial charge in [-0.1, -0.05) is 88.9 Å². The fourth-order valence-electron chi connectivity index (χ4n) is 6.97. The van der Waals surface area contributed by atoms with Crippen LogP contribution in [0, 0.1) is 0 Å².